The van der Waals surface area contributed by atoms with Crippen LogP contribution in [0.4, 0.5) is 0 Å². The number of H-pyrrole nitrogens is 1. The number of aromatic nitrogens is 1. The standard InChI is InChI=1S/C8H7N.C4H9NO/c1-2-4-8-6-9-5-7(8)3-1;1-3-6-4-2-5-1/h1-6,9H;5H,1-4H2. The molecule has 15 heavy (non-hydrogen) atoms. The molecular weight excluding hydrogens is 188 g/mol. The van der Waals surface area contributed by atoms with Gasteiger partial charge < -0.3 is 15.0 Å². The first-order valence-electron chi connectivity index (χ1n) is 5.27. The van der Waals surface area contributed by atoms with Crippen LogP contribution in [0.5, 0.6) is 0 Å². The van der Waals surface area contributed by atoms with Crippen molar-refractivity contribution >= 4 is 10.8 Å². The molecule has 1 aromatic carbocycles. The first-order valence-corrected chi connectivity index (χ1v) is 5.27. The molecule has 0 radical (unpaired) electrons. The third-order valence-electron chi connectivity index (χ3n) is 2.32. The number of nitrogens with one attached hydrogen (secondary N) is 2. The van der Waals surface area contributed by atoms with Crippen LogP contribution in [-0.2, 0) is 4.74 Å². The predicted molar refractivity (Wildman–Crippen MR) is 62.0 cm³/mol. The number of fused-ring (bicyclic) bond motifs is 1. The Morgan fingerprint density at radius 2 is 1.53 bits per heavy atom. The quantitative estimate of drug-likeness (QED) is 0.686. The normalized spacial score (nSPS) is 15.7. The predicted octanol–water partition coefficient (Wildman–Crippen LogP) is 1.77. The molecule has 0 saturated carbocycles. The van der Waals surface area contributed by atoms with Crippen molar-refractivity contribution in [1.82, 2.24) is 10.3 Å². The minimum atomic E-state index is 0.889. The second-order valence-corrected chi connectivity index (χ2v) is 3.45. The maximum absolute atomic E-state index is 5.01. The maximum Gasteiger partial charge on any atom is 0.0591 e. The number of aromatic amines is 1. The topological polar surface area (TPSA) is 37.0 Å². The Bertz CT molecular complexity index is 351. The first kappa shape index (κ1) is 10.2. The second-order valence-electron chi connectivity index (χ2n) is 3.45. The number of hydrogen-bond acceptors (Lipinski definition) is 2. The fourth-order valence-electron chi connectivity index (χ4n) is 1.51. The van der Waals surface area contributed by atoms with E-state index >= 15 is 0 Å². The third-order valence-corrected chi connectivity index (χ3v) is 2.32. The Morgan fingerprint density at radius 1 is 0.933 bits per heavy atom. The fourth-order valence-corrected chi connectivity index (χ4v) is 1.51. The van der Waals surface area contributed by atoms with Crippen molar-refractivity contribution in [2.24, 2.45) is 0 Å². The molecule has 3 heteroatoms. The van der Waals surface area contributed by atoms with E-state index in [1.165, 1.54) is 10.8 Å². The largest absolute Gasteiger partial charge is 0.379 e. The summed E-state index contributed by atoms with van der Waals surface area (Å²) in [6.07, 6.45) is 3.99. The molecule has 2 N–H and O–H groups in total. The van der Waals surface area contributed by atoms with Crippen molar-refractivity contribution in [3.8, 4) is 0 Å². The van der Waals surface area contributed by atoms with Crippen molar-refractivity contribution in [2.45, 2.75) is 0 Å². The van der Waals surface area contributed by atoms with Gasteiger partial charge in [-0.25, -0.2) is 0 Å². The van der Waals surface area contributed by atoms with Gasteiger partial charge in [-0.05, 0) is 10.8 Å². The fraction of sp³-hybridized carbons (Fsp3) is 0.333. The second kappa shape index (κ2) is 5.53. The Labute approximate surface area is 89.4 Å². The van der Waals surface area contributed by atoms with Crippen LogP contribution >= 0.6 is 0 Å². The van der Waals surface area contributed by atoms with Gasteiger partial charge in [0.2, 0.25) is 0 Å². The molecule has 1 aliphatic rings. The highest BCUT2D eigenvalue weighted by molar-refractivity contribution is 5.81. The molecule has 1 aromatic heterocycles. The van der Waals surface area contributed by atoms with Crippen LogP contribution in [0.1, 0.15) is 0 Å². The van der Waals surface area contributed by atoms with Gasteiger partial charge in [-0.1, -0.05) is 24.3 Å². The average molecular weight is 204 g/mol. The van der Waals surface area contributed by atoms with Gasteiger partial charge in [0.05, 0.1) is 13.2 Å². The molecule has 0 aliphatic carbocycles. The monoisotopic (exact) mass is 204 g/mol. The van der Waals surface area contributed by atoms with Gasteiger partial charge in [0.25, 0.3) is 0 Å². The molecular formula is C12H16N2O. The molecule has 0 unspecified atom stereocenters. The Morgan fingerprint density at radius 3 is 1.93 bits per heavy atom. The highest BCUT2D eigenvalue weighted by atomic mass is 16.5. The summed E-state index contributed by atoms with van der Waals surface area (Å²) in [5, 5.41) is 5.71. The van der Waals surface area contributed by atoms with E-state index in [9.17, 15) is 0 Å². The lowest BCUT2D eigenvalue weighted by atomic mass is 10.2. The number of morpholine rings is 1. The molecule has 2 heterocycles. The van der Waals surface area contributed by atoms with Crippen LogP contribution in [0.3, 0.4) is 0 Å². The van der Waals surface area contributed by atoms with Gasteiger partial charge in [-0.15, -0.1) is 0 Å². The molecule has 0 atom stereocenters. The lowest BCUT2D eigenvalue weighted by Gasteiger charge is -2.10. The van der Waals surface area contributed by atoms with E-state index in [4.69, 9.17) is 4.74 Å². The third kappa shape index (κ3) is 3.08. The van der Waals surface area contributed by atoms with Crippen molar-refractivity contribution < 1.29 is 4.74 Å². The molecule has 3 nitrogen and oxygen atoms in total. The van der Waals surface area contributed by atoms with Crippen LogP contribution in [0.2, 0.25) is 0 Å². The molecule has 0 amide bonds. The molecule has 3 rings (SSSR count). The summed E-state index contributed by atoms with van der Waals surface area (Å²) >= 11 is 0. The van der Waals surface area contributed by atoms with Crippen molar-refractivity contribution in [2.75, 3.05) is 26.3 Å². The van der Waals surface area contributed by atoms with Crippen molar-refractivity contribution in [3.63, 3.8) is 0 Å². The molecule has 0 spiro atoms. The minimum absolute atomic E-state index is 0.889. The Kier molecular flexibility index (Phi) is 3.77. The average Bonchev–Trinajstić information content (AvgIpc) is 2.80. The maximum atomic E-state index is 5.01. The lowest BCUT2D eigenvalue weighted by molar-refractivity contribution is 0.109. The van der Waals surface area contributed by atoms with E-state index in [1.54, 1.807) is 0 Å². The van der Waals surface area contributed by atoms with Crippen LogP contribution in [0.25, 0.3) is 10.8 Å². The molecule has 1 saturated heterocycles. The SMILES string of the molecule is C1COCCN1.c1ccc2c[nH]cc2c1. The molecule has 1 aliphatic heterocycles. The van der Waals surface area contributed by atoms with Crippen molar-refractivity contribution in [3.05, 3.63) is 36.7 Å². The zero-order chi connectivity index (χ0) is 10.3. The van der Waals surface area contributed by atoms with Gasteiger partial charge in [0.15, 0.2) is 0 Å². The van der Waals surface area contributed by atoms with Crippen LogP contribution in [0, 0.1) is 0 Å². The van der Waals surface area contributed by atoms with Gasteiger partial charge in [-0.3, -0.25) is 0 Å². The highest BCUT2D eigenvalue weighted by Gasteiger charge is 1.93. The number of hydrogen-bond donors (Lipinski definition) is 2. The van der Waals surface area contributed by atoms with Crippen molar-refractivity contribution in [1.29, 1.82) is 0 Å². The van der Waals surface area contributed by atoms with E-state index < -0.39 is 0 Å². The summed E-state index contributed by atoms with van der Waals surface area (Å²) in [7, 11) is 0. The van der Waals surface area contributed by atoms with Crippen LogP contribution in [-0.4, -0.2) is 31.3 Å². The molecule has 1 fully saturated rings. The number of ether oxygens (including phenoxy) is 1. The van der Waals surface area contributed by atoms with E-state index in [0.717, 1.165) is 26.3 Å². The Balaban J connectivity index is 0.000000124. The highest BCUT2D eigenvalue weighted by Crippen LogP contribution is 2.10. The summed E-state index contributed by atoms with van der Waals surface area (Å²) in [6, 6.07) is 8.25. The zero-order valence-corrected chi connectivity index (χ0v) is 8.70. The van der Waals surface area contributed by atoms with Crippen LogP contribution in [0.15, 0.2) is 36.7 Å². The summed E-state index contributed by atoms with van der Waals surface area (Å²) in [4.78, 5) is 3.04. The first-order chi connectivity index (χ1) is 7.47. The summed E-state index contributed by atoms with van der Waals surface area (Å²) in [6.45, 7) is 3.83. The number of benzene rings is 1. The summed E-state index contributed by atoms with van der Waals surface area (Å²) in [5.41, 5.74) is 0. The zero-order valence-electron chi connectivity index (χ0n) is 8.70. The lowest BCUT2D eigenvalue weighted by Crippen LogP contribution is -2.30. The molecule has 2 aromatic rings. The molecule has 0 bridgehead atoms. The van der Waals surface area contributed by atoms with Gasteiger partial charge in [0, 0.05) is 25.5 Å². The van der Waals surface area contributed by atoms with E-state index in [1.807, 2.05) is 24.5 Å². The van der Waals surface area contributed by atoms with Gasteiger partial charge in [0.1, 0.15) is 0 Å². The Hall–Kier alpha value is -1.32. The molecule has 80 valence electrons. The summed E-state index contributed by atoms with van der Waals surface area (Å²) in [5.74, 6) is 0. The number of rotatable bonds is 0. The van der Waals surface area contributed by atoms with E-state index in [0.29, 0.717) is 0 Å². The smallest absolute Gasteiger partial charge is 0.0591 e. The van der Waals surface area contributed by atoms with E-state index in [-0.39, 0.29) is 0 Å². The van der Waals surface area contributed by atoms with E-state index in [2.05, 4.69) is 22.4 Å². The van der Waals surface area contributed by atoms with Gasteiger partial charge >= 0.3 is 0 Å². The summed E-state index contributed by atoms with van der Waals surface area (Å²) < 4.78 is 5.01. The minimum Gasteiger partial charge on any atom is -0.379 e. The van der Waals surface area contributed by atoms with Gasteiger partial charge in [-0.2, -0.15) is 0 Å². The van der Waals surface area contributed by atoms with Crippen LogP contribution < -0.4 is 5.32 Å².